The van der Waals surface area contributed by atoms with E-state index in [9.17, 15) is 24.6 Å². The summed E-state index contributed by atoms with van der Waals surface area (Å²) in [4.78, 5) is 21.0. The summed E-state index contributed by atoms with van der Waals surface area (Å²) in [6.45, 7) is -0.563. The zero-order chi connectivity index (χ0) is 18.1. The number of benzene rings is 2. The first-order valence-electron chi connectivity index (χ1n) is 7.48. The molecule has 1 atom stereocenters. The Hall–Kier alpha value is -3.29. The first-order valence-corrected chi connectivity index (χ1v) is 7.48. The van der Waals surface area contributed by atoms with Crippen LogP contribution < -0.4 is 0 Å². The third kappa shape index (κ3) is 3.06. The minimum Gasteiger partial charge on any atom is -0.350 e. The predicted molar refractivity (Wildman–Crippen MR) is 89.7 cm³/mol. The summed E-state index contributed by atoms with van der Waals surface area (Å²) in [5.41, 5.74) is 1.05. The molecule has 3 aromatic rings. The van der Waals surface area contributed by atoms with E-state index in [1.54, 1.807) is 29.9 Å². The van der Waals surface area contributed by atoms with E-state index in [0.717, 1.165) is 29.1 Å². The molecule has 1 unspecified atom stereocenters. The fourth-order valence-corrected chi connectivity index (χ4v) is 3.08. The molecule has 8 heteroatoms. The Morgan fingerprint density at radius 2 is 1.84 bits per heavy atom. The number of nitro benzene ring substituents is 1. The van der Waals surface area contributed by atoms with Crippen molar-refractivity contribution in [1.29, 1.82) is 0 Å². The normalized spacial score (nSPS) is 12.2. The minimum atomic E-state index is -0.930. The lowest BCUT2D eigenvalue weighted by Gasteiger charge is -2.14. The maximum Gasteiger partial charge on any atom is 0.269 e. The molecule has 1 heterocycles. The predicted octanol–water partition coefficient (Wildman–Crippen LogP) is 3.63. The van der Waals surface area contributed by atoms with Crippen molar-refractivity contribution in [2.24, 2.45) is 7.05 Å². The fraction of sp³-hybridized carbons (Fsp3) is 0.176. The number of nitrogens with zero attached hydrogens (tertiary/aromatic N) is 3. The average Bonchev–Trinajstić information content (AvgIpc) is 2.90. The highest BCUT2D eigenvalue weighted by Crippen LogP contribution is 2.34. The van der Waals surface area contributed by atoms with Gasteiger partial charge in [-0.05, 0) is 17.7 Å². The van der Waals surface area contributed by atoms with Crippen molar-refractivity contribution in [3.05, 3.63) is 85.8 Å². The van der Waals surface area contributed by atoms with Crippen molar-refractivity contribution < 1.29 is 14.2 Å². The van der Waals surface area contributed by atoms with Crippen LogP contribution in [-0.4, -0.2) is 21.0 Å². The summed E-state index contributed by atoms with van der Waals surface area (Å²) in [7, 11) is 1.79. The van der Waals surface area contributed by atoms with Gasteiger partial charge in [-0.2, -0.15) is 0 Å². The molecule has 0 fully saturated rings. The molecule has 0 N–H and O–H groups in total. The number of aryl methyl sites for hydroxylation is 1. The number of halogens is 1. The van der Waals surface area contributed by atoms with Gasteiger partial charge < -0.3 is 4.57 Å². The van der Waals surface area contributed by atoms with Crippen LogP contribution in [0.5, 0.6) is 0 Å². The summed E-state index contributed by atoms with van der Waals surface area (Å²) in [5.74, 6) is -1.63. The summed E-state index contributed by atoms with van der Waals surface area (Å²) in [5, 5.41) is 22.9. The third-order valence-corrected chi connectivity index (χ3v) is 4.20. The lowest BCUT2D eigenvalue weighted by molar-refractivity contribution is -0.481. The van der Waals surface area contributed by atoms with Gasteiger partial charge in [0.1, 0.15) is 5.82 Å². The van der Waals surface area contributed by atoms with E-state index in [1.165, 1.54) is 0 Å². The van der Waals surface area contributed by atoms with Crippen molar-refractivity contribution in [3.8, 4) is 0 Å². The number of hydrogen-bond donors (Lipinski definition) is 0. The maximum atomic E-state index is 14.4. The quantitative estimate of drug-likeness (QED) is 0.522. The summed E-state index contributed by atoms with van der Waals surface area (Å²) in [6, 6.07) is 10.4. The monoisotopic (exact) mass is 343 g/mol. The van der Waals surface area contributed by atoms with Gasteiger partial charge in [-0.15, -0.1) is 0 Å². The van der Waals surface area contributed by atoms with Gasteiger partial charge in [-0.3, -0.25) is 20.2 Å². The molecule has 25 heavy (non-hydrogen) atoms. The number of aromatic nitrogens is 1. The molecular weight excluding hydrogens is 329 g/mol. The molecule has 0 saturated carbocycles. The molecule has 0 radical (unpaired) electrons. The van der Waals surface area contributed by atoms with Crippen LogP contribution in [0.3, 0.4) is 0 Å². The summed E-state index contributed by atoms with van der Waals surface area (Å²) < 4.78 is 16.2. The van der Waals surface area contributed by atoms with Crippen molar-refractivity contribution in [1.82, 2.24) is 4.57 Å². The second kappa shape index (κ2) is 6.31. The molecule has 0 saturated heterocycles. The largest absolute Gasteiger partial charge is 0.350 e. The van der Waals surface area contributed by atoms with Crippen molar-refractivity contribution in [2.45, 2.75) is 5.92 Å². The van der Waals surface area contributed by atoms with E-state index in [0.29, 0.717) is 5.56 Å². The Morgan fingerprint density at radius 3 is 2.52 bits per heavy atom. The van der Waals surface area contributed by atoms with E-state index in [-0.39, 0.29) is 11.3 Å². The third-order valence-electron chi connectivity index (χ3n) is 4.20. The molecule has 7 nitrogen and oxygen atoms in total. The van der Waals surface area contributed by atoms with E-state index in [2.05, 4.69) is 0 Å². The average molecular weight is 343 g/mol. The van der Waals surface area contributed by atoms with Crippen molar-refractivity contribution in [3.63, 3.8) is 0 Å². The topological polar surface area (TPSA) is 91.2 Å². The Kier molecular flexibility index (Phi) is 4.18. The highest BCUT2D eigenvalue weighted by molar-refractivity contribution is 5.85. The Morgan fingerprint density at radius 1 is 1.12 bits per heavy atom. The van der Waals surface area contributed by atoms with Crippen LogP contribution in [0.4, 0.5) is 10.1 Å². The van der Waals surface area contributed by atoms with Crippen LogP contribution in [-0.2, 0) is 7.05 Å². The van der Waals surface area contributed by atoms with E-state index >= 15 is 0 Å². The second-order valence-corrected chi connectivity index (χ2v) is 5.74. The Labute approximate surface area is 141 Å². The molecule has 128 valence electrons. The van der Waals surface area contributed by atoms with Gasteiger partial charge in [-0.25, -0.2) is 4.39 Å². The number of non-ortho nitro benzene ring substituents is 1. The minimum absolute atomic E-state index is 0.0535. The number of para-hydroxylation sites is 1. The van der Waals surface area contributed by atoms with Gasteiger partial charge >= 0.3 is 0 Å². The fourth-order valence-electron chi connectivity index (χ4n) is 3.08. The molecular formula is C17H14FN3O4. The molecule has 0 aliphatic carbocycles. The van der Waals surface area contributed by atoms with Gasteiger partial charge in [0.05, 0.1) is 10.8 Å². The summed E-state index contributed by atoms with van der Waals surface area (Å²) in [6.07, 6.45) is 1.71. The lowest BCUT2D eigenvalue weighted by atomic mass is 9.90. The van der Waals surface area contributed by atoms with Gasteiger partial charge in [-0.1, -0.05) is 18.2 Å². The van der Waals surface area contributed by atoms with Gasteiger partial charge in [0, 0.05) is 46.8 Å². The second-order valence-electron chi connectivity index (χ2n) is 5.74. The van der Waals surface area contributed by atoms with Crippen LogP contribution in [0.25, 0.3) is 10.9 Å². The molecule has 0 amide bonds. The zero-order valence-corrected chi connectivity index (χ0v) is 13.3. The van der Waals surface area contributed by atoms with Gasteiger partial charge in [0.25, 0.3) is 5.69 Å². The van der Waals surface area contributed by atoms with Crippen LogP contribution in [0.15, 0.2) is 48.7 Å². The van der Waals surface area contributed by atoms with E-state index < -0.39 is 28.1 Å². The highest BCUT2D eigenvalue weighted by atomic mass is 19.1. The van der Waals surface area contributed by atoms with Crippen molar-refractivity contribution in [2.75, 3.05) is 6.54 Å². The SMILES string of the molecule is Cn1cc(C(C[N+](=O)[O-])c2cc([N+](=O)[O-])ccc2F)c2ccccc21. The lowest BCUT2D eigenvalue weighted by Crippen LogP contribution is -2.15. The molecule has 0 aliphatic heterocycles. The van der Waals surface area contributed by atoms with Crippen LogP contribution >= 0.6 is 0 Å². The molecule has 3 rings (SSSR count). The van der Waals surface area contributed by atoms with E-state index in [1.807, 2.05) is 12.1 Å². The zero-order valence-electron chi connectivity index (χ0n) is 13.3. The van der Waals surface area contributed by atoms with E-state index in [4.69, 9.17) is 0 Å². The number of nitro groups is 2. The highest BCUT2D eigenvalue weighted by Gasteiger charge is 2.28. The standard InChI is InChI=1S/C17H14FN3O4/c1-19-9-14(12-4-2-3-5-17(12)19)15(10-20(22)23)13-8-11(21(24)25)6-7-16(13)18/h2-9,15H,10H2,1H3. The summed E-state index contributed by atoms with van der Waals surface area (Å²) >= 11 is 0. The molecule has 0 aliphatic rings. The Balaban J connectivity index is 2.23. The van der Waals surface area contributed by atoms with Gasteiger partial charge in [0.2, 0.25) is 6.54 Å². The smallest absolute Gasteiger partial charge is 0.269 e. The molecule has 0 spiro atoms. The molecule has 2 aromatic carbocycles. The van der Waals surface area contributed by atoms with Crippen LogP contribution in [0.2, 0.25) is 0 Å². The van der Waals surface area contributed by atoms with Crippen LogP contribution in [0.1, 0.15) is 17.0 Å². The van der Waals surface area contributed by atoms with Gasteiger partial charge in [0.15, 0.2) is 0 Å². The first kappa shape index (κ1) is 16.6. The molecule has 0 bridgehead atoms. The van der Waals surface area contributed by atoms with Crippen molar-refractivity contribution >= 4 is 16.6 Å². The van der Waals surface area contributed by atoms with Crippen LogP contribution in [0, 0.1) is 26.0 Å². The first-order chi connectivity index (χ1) is 11.9. The number of rotatable bonds is 5. The molecule has 1 aromatic heterocycles. The number of hydrogen-bond acceptors (Lipinski definition) is 4. The maximum absolute atomic E-state index is 14.4. The number of fused-ring (bicyclic) bond motifs is 1. The Bertz CT molecular complexity index is 983.